The second-order valence-corrected chi connectivity index (χ2v) is 3.69. The minimum Gasteiger partial charge on any atom is -0.469 e. The third kappa shape index (κ3) is 2.82. The Labute approximate surface area is 99.1 Å². The van der Waals surface area contributed by atoms with Gasteiger partial charge >= 0.3 is 0 Å². The van der Waals surface area contributed by atoms with Gasteiger partial charge in [0.25, 0.3) is 0 Å². The van der Waals surface area contributed by atoms with Crippen molar-refractivity contribution in [3.8, 4) is 6.07 Å². The quantitative estimate of drug-likeness (QED) is 0.866. The van der Waals surface area contributed by atoms with Gasteiger partial charge in [0.2, 0.25) is 0 Å². The Morgan fingerprint density at radius 1 is 1.47 bits per heavy atom. The lowest BCUT2D eigenvalue weighted by Crippen LogP contribution is -2.19. The molecule has 0 amide bonds. The Morgan fingerprint density at radius 3 is 3.00 bits per heavy atom. The van der Waals surface area contributed by atoms with E-state index < -0.39 is 0 Å². The maximum Gasteiger partial charge on any atom is 0.182 e. The molecule has 1 N–H and O–H groups in total. The van der Waals surface area contributed by atoms with E-state index in [9.17, 15) is 0 Å². The summed E-state index contributed by atoms with van der Waals surface area (Å²) in [5.41, 5.74) is 0.304. The highest BCUT2D eigenvalue weighted by Crippen LogP contribution is 2.11. The smallest absolute Gasteiger partial charge is 0.182 e. The molecule has 86 valence electrons. The number of anilines is 1. The number of hydrogen-bond donors (Lipinski definition) is 1. The second-order valence-electron chi connectivity index (χ2n) is 3.69. The van der Waals surface area contributed by atoms with Gasteiger partial charge in [-0.2, -0.15) is 5.26 Å². The monoisotopic (exact) mass is 228 g/mol. The van der Waals surface area contributed by atoms with Crippen molar-refractivity contribution < 1.29 is 4.42 Å². The van der Waals surface area contributed by atoms with Crippen molar-refractivity contribution in [3.05, 3.63) is 42.2 Å². The summed E-state index contributed by atoms with van der Waals surface area (Å²) < 4.78 is 5.26. The summed E-state index contributed by atoms with van der Waals surface area (Å²) in [5, 5.41) is 12.0. The zero-order valence-corrected chi connectivity index (χ0v) is 9.42. The van der Waals surface area contributed by atoms with Crippen molar-refractivity contribution in [1.82, 2.24) is 9.97 Å². The molecule has 0 aromatic carbocycles. The van der Waals surface area contributed by atoms with E-state index in [1.807, 2.05) is 25.1 Å². The van der Waals surface area contributed by atoms with Crippen molar-refractivity contribution in [2.45, 2.75) is 19.4 Å². The van der Waals surface area contributed by atoms with Crippen LogP contribution in [0.15, 0.2) is 35.2 Å². The van der Waals surface area contributed by atoms with E-state index in [2.05, 4.69) is 15.3 Å². The number of rotatable bonds is 4. The molecule has 0 bridgehead atoms. The van der Waals surface area contributed by atoms with Crippen LogP contribution in [0.25, 0.3) is 0 Å². The van der Waals surface area contributed by atoms with Gasteiger partial charge in [0, 0.05) is 24.9 Å². The van der Waals surface area contributed by atoms with E-state index in [0.717, 1.165) is 12.2 Å². The fourth-order valence-electron chi connectivity index (χ4n) is 1.54. The van der Waals surface area contributed by atoms with Crippen molar-refractivity contribution in [3.63, 3.8) is 0 Å². The molecule has 2 rings (SSSR count). The Hall–Kier alpha value is -2.35. The summed E-state index contributed by atoms with van der Waals surface area (Å²) in [4.78, 5) is 8.03. The second kappa shape index (κ2) is 5.12. The lowest BCUT2D eigenvalue weighted by Gasteiger charge is -2.13. The third-order valence-electron chi connectivity index (χ3n) is 2.27. The van der Waals surface area contributed by atoms with Crippen molar-refractivity contribution in [1.29, 1.82) is 5.26 Å². The standard InChI is InChI=1S/C12H12N4O/c1-9(7-10-3-2-6-17-10)16-12-11(8-13)14-4-5-15-12/h2-6,9H,7H2,1H3,(H,15,16). The summed E-state index contributed by atoms with van der Waals surface area (Å²) in [6.07, 6.45) is 5.43. The van der Waals surface area contributed by atoms with Gasteiger partial charge in [0.05, 0.1) is 6.26 Å². The Bertz CT molecular complexity index is 516. The summed E-state index contributed by atoms with van der Waals surface area (Å²) in [6.45, 7) is 2.00. The first-order valence-electron chi connectivity index (χ1n) is 5.29. The van der Waals surface area contributed by atoms with Crippen LogP contribution in [0, 0.1) is 11.3 Å². The maximum absolute atomic E-state index is 8.88. The molecule has 5 heteroatoms. The van der Waals surface area contributed by atoms with Gasteiger partial charge in [0.15, 0.2) is 11.5 Å². The van der Waals surface area contributed by atoms with Gasteiger partial charge < -0.3 is 9.73 Å². The van der Waals surface area contributed by atoms with E-state index in [0.29, 0.717) is 11.5 Å². The van der Waals surface area contributed by atoms with Gasteiger partial charge in [-0.05, 0) is 19.1 Å². The van der Waals surface area contributed by atoms with Gasteiger partial charge in [-0.1, -0.05) is 0 Å². The molecular weight excluding hydrogens is 216 g/mol. The van der Waals surface area contributed by atoms with Crippen LogP contribution in [-0.4, -0.2) is 16.0 Å². The van der Waals surface area contributed by atoms with Crippen LogP contribution >= 0.6 is 0 Å². The number of nitrogens with one attached hydrogen (secondary N) is 1. The first-order chi connectivity index (χ1) is 8.29. The molecule has 17 heavy (non-hydrogen) atoms. The molecule has 0 spiro atoms. The van der Waals surface area contributed by atoms with Crippen LogP contribution in [0.1, 0.15) is 18.4 Å². The normalized spacial score (nSPS) is 11.8. The van der Waals surface area contributed by atoms with E-state index in [1.165, 1.54) is 6.20 Å². The topological polar surface area (TPSA) is 74.7 Å². The lowest BCUT2D eigenvalue weighted by molar-refractivity contribution is 0.497. The molecule has 2 aromatic rings. The largest absolute Gasteiger partial charge is 0.469 e. The van der Waals surface area contributed by atoms with E-state index in [4.69, 9.17) is 9.68 Å². The van der Waals surface area contributed by atoms with Gasteiger partial charge in [-0.3, -0.25) is 0 Å². The Morgan fingerprint density at radius 2 is 2.29 bits per heavy atom. The molecule has 2 aromatic heterocycles. The molecule has 1 unspecified atom stereocenters. The van der Waals surface area contributed by atoms with E-state index >= 15 is 0 Å². The highest BCUT2D eigenvalue weighted by atomic mass is 16.3. The number of aromatic nitrogens is 2. The predicted octanol–water partition coefficient (Wildman–Crippen LogP) is 1.98. The first kappa shape index (κ1) is 11.1. The molecule has 5 nitrogen and oxygen atoms in total. The van der Waals surface area contributed by atoms with Gasteiger partial charge in [-0.25, -0.2) is 9.97 Å². The number of nitriles is 1. The van der Waals surface area contributed by atoms with Crippen LogP contribution < -0.4 is 5.32 Å². The fraction of sp³-hybridized carbons (Fsp3) is 0.250. The number of hydrogen-bond acceptors (Lipinski definition) is 5. The summed E-state index contributed by atoms with van der Waals surface area (Å²) >= 11 is 0. The Kier molecular flexibility index (Phi) is 3.36. The average Bonchev–Trinajstić information content (AvgIpc) is 2.82. The fourth-order valence-corrected chi connectivity index (χ4v) is 1.54. The molecule has 2 heterocycles. The van der Waals surface area contributed by atoms with Crippen LogP contribution in [0.5, 0.6) is 0 Å². The summed E-state index contributed by atoms with van der Waals surface area (Å²) in [5.74, 6) is 1.40. The predicted molar refractivity (Wildman–Crippen MR) is 62.2 cm³/mol. The van der Waals surface area contributed by atoms with Crippen molar-refractivity contribution in [2.75, 3.05) is 5.32 Å². The minimum absolute atomic E-state index is 0.116. The number of nitrogens with zero attached hydrogens (tertiary/aromatic N) is 3. The molecule has 0 saturated heterocycles. The van der Waals surface area contributed by atoms with Crippen LogP contribution in [-0.2, 0) is 6.42 Å². The van der Waals surface area contributed by atoms with Gasteiger partial charge in [-0.15, -0.1) is 0 Å². The molecule has 0 aliphatic heterocycles. The average molecular weight is 228 g/mol. The van der Waals surface area contributed by atoms with Crippen molar-refractivity contribution in [2.24, 2.45) is 0 Å². The highest BCUT2D eigenvalue weighted by molar-refractivity contribution is 5.47. The summed E-state index contributed by atoms with van der Waals surface area (Å²) in [6, 6.07) is 5.88. The van der Waals surface area contributed by atoms with Crippen LogP contribution in [0.2, 0.25) is 0 Å². The molecular formula is C12H12N4O. The van der Waals surface area contributed by atoms with Crippen LogP contribution in [0.3, 0.4) is 0 Å². The molecule has 0 aliphatic rings. The molecule has 0 radical (unpaired) electrons. The molecule has 0 aliphatic carbocycles. The summed E-state index contributed by atoms with van der Waals surface area (Å²) in [7, 11) is 0. The third-order valence-corrected chi connectivity index (χ3v) is 2.27. The van der Waals surface area contributed by atoms with Crippen LogP contribution in [0.4, 0.5) is 5.82 Å². The van der Waals surface area contributed by atoms with Crippen molar-refractivity contribution >= 4 is 5.82 Å². The molecule has 0 fully saturated rings. The zero-order chi connectivity index (χ0) is 12.1. The molecule has 0 saturated carbocycles. The number of furan rings is 1. The SMILES string of the molecule is CC(Cc1ccco1)Nc1nccnc1C#N. The first-order valence-corrected chi connectivity index (χ1v) is 5.29. The minimum atomic E-state index is 0.116. The highest BCUT2D eigenvalue weighted by Gasteiger charge is 2.09. The van der Waals surface area contributed by atoms with Gasteiger partial charge in [0.1, 0.15) is 11.8 Å². The zero-order valence-electron chi connectivity index (χ0n) is 9.42. The lowest BCUT2D eigenvalue weighted by atomic mass is 10.2. The van der Waals surface area contributed by atoms with E-state index in [-0.39, 0.29) is 6.04 Å². The Balaban J connectivity index is 2.03. The maximum atomic E-state index is 8.88. The molecule has 1 atom stereocenters. The van der Waals surface area contributed by atoms with E-state index in [1.54, 1.807) is 12.5 Å².